The SMILES string of the molecule is N#Cc1nc(-c2ccccc2S(=O)(=O)NCCO)ccc1F. The van der Waals surface area contributed by atoms with Gasteiger partial charge in [-0.2, -0.15) is 5.26 Å². The first-order valence-corrected chi connectivity index (χ1v) is 7.74. The number of sulfonamides is 1. The van der Waals surface area contributed by atoms with Crippen LogP contribution in [0.1, 0.15) is 5.69 Å². The summed E-state index contributed by atoms with van der Waals surface area (Å²) < 4.78 is 40.0. The number of halogens is 1. The Labute approximate surface area is 126 Å². The number of aromatic nitrogens is 1. The number of aliphatic hydroxyl groups is 1. The molecular formula is C14H12FN3O3S. The van der Waals surface area contributed by atoms with Gasteiger partial charge in [0.2, 0.25) is 10.0 Å². The van der Waals surface area contributed by atoms with E-state index in [0.717, 1.165) is 6.07 Å². The van der Waals surface area contributed by atoms with E-state index in [-0.39, 0.29) is 29.3 Å². The van der Waals surface area contributed by atoms with Gasteiger partial charge in [0.15, 0.2) is 11.5 Å². The van der Waals surface area contributed by atoms with E-state index in [1.807, 2.05) is 0 Å². The molecule has 114 valence electrons. The molecule has 0 fully saturated rings. The highest BCUT2D eigenvalue weighted by atomic mass is 32.2. The van der Waals surface area contributed by atoms with Gasteiger partial charge in [-0.15, -0.1) is 0 Å². The second-order valence-electron chi connectivity index (χ2n) is 4.26. The Bertz CT molecular complexity index is 831. The summed E-state index contributed by atoms with van der Waals surface area (Å²) in [6.45, 7) is -0.467. The van der Waals surface area contributed by atoms with Crippen LogP contribution in [0.4, 0.5) is 4.39 Å². The average Bonchev–Trinajstić information content (AvgIpc) is 2.53. The molecule has 0 aliphatic rings. The molecule has 1 heterocycles. The van der Waals surface area contributed by atoms with E-state index in [9.17, 15) is 12.8 Å². The van der Waals surface area contributed by atoms with Crippen molar-refractivity contribution in [3.05, 3.63) is 47.9 Å². The number of hydrogen-bond donors (Lipinski definition) is 2. The number of hydrogen-bond acceptors (Lipinski definition) is 5. The molecule has 1 aromatic heterocycles. The van der Waals surface area contributed by atoms with Gasteiger partial charge in [-0.1, -0.05) is 18.2 Å². The van der Waals surface area contributed by atoms with Crippen LogP contribution in [-0.2, 0) is 10.0 Å². The van der Waals surface area contributed by atoms with Gasteiger partial charge < -0.3 is 5.11 Å². The Morgan fingerprint density at radius 2 is 2.00 bits per heavy atom. The van der Waals surface area contributed by atoms with E-state index in [2.05, 4.69) is 9.71 Å². The van der Waals surface area contributed by atoms with Crippen LogP contribution in [0.3, 0.4) is 0 Å². The monoisotopic (exact) mass is 321 g/mol. The second kappa shape index (κ2) is 6.62. The molecule has 0 aliphatic carbocycles. The van der Waals surface area contributed by atoms with E-state index in [0.29, 0.717) is 0 Å². The van der Waals surface area contributed by atoms with Gasteiger partial charge >= 0.3 is 0 Å². The van der Waals surface area contributed by atoms with Crippen LogP contribution in [0, 0.1) is 17.1 Å². The summed E-state index contributed by atoms with van der Waals surface area (Å²) in [6.07, 6.45) is 0. The van der Waals surface area contributed by atoms with E-state index in [4.69, 9.17) is 10.4 Å². The van der Waals surface area contributed by atoms with E-state index < -0.39 is 21.5 Å². The molecule has 2 aromatic rings. The molecule has 0 aliphatic heterocycles. The van der Waals surface area contributed by atoms with Gasteiger partial charge in [0.05, 0.1) is 17.2 Å². The van der Waals surface area contributed by atoms with Crippen LogP contribution < -0.4 is 4.72 Å². The molecule has 0 saturated heterocycles. The van der Waals surface area contributed by atoms with Gasteiger partial charge in [0.25, 0.3) is 0 Å². The van der Waals surface area contributed by atoms with Crippen molar-refractivity contribution in [1.29, 1.82) is 5.26 Å². The zero-order valence-corrected chi connectivity index (χ0v) is 12.1. The summed E-state index contributed by atoms with van der Waals surface area (Å²) in [7, 11) is -3.86. The summed E-state index contributed by atoms with van der Waals surface area (Å²) >= 11 is 0. The van der Waals surface area contributed by atoms with Crippen LogP contribution in [0.2, 0.25) is 0 Å². The lowest BCUT2D eigenvalue weighted by molar-refractivity contribution is 0.301. The predicted molar refractivity (Wildman–Crippen MR) is 76.6 cm³/mol. The standard InChI is InChI=1S/C14H12FN3O3S/c15-11-5-6-12(18-13(11)9-16)10-3-1-2-4-14(10)22(20,21)17-7-8-19/h1-6,17,19H,7-8H2. The number of pyridine rings is 1. The third-order valence-corrected chi connectivity index (χ3v) is 4.33. The van der Waals surface area contributed by atoms with Gasteiger partial charge in [-0.3, -0.25) is 0 Å². The molecule has 6 nitrogen and oxygen atoms in total. The number of nitrogens with zero attached hydrogens (tertiary/aromatic N) is 2. The van der Waals surface area contributed by atoms with Crippen LogP contribution in [0.15, 0.2) is 41.3 Å². The van der Waals surface area contributed by atoms with Gasteiger partial charge in [0.1, 0.15) is 6.07 Å². The van der Waals surface area contributed by atoms with Crippen molar-refractivity contribution in [3.8, 4) is 17.3 Å². The fourth-order valence-corrected chi connectivity index (χ4v) is 3.08. The Balaban J connectivity index is 2.57. The molecule has 0 amide bonds. The maximum Gasteiger partial charge on any atom is 0.241 e. The summed E-state index contributed by atoms with van der Waals surface area (Å²) in [6, 6.07) is 9.99. The molecule has 2 rings (SSSR count). The molecule has 8 heteroatoms. The Hall–Kier alpha value is -2.34. The highest BCUT2D eigenvalue weighted by molar-refractivity contribution is 7.89. The molecule has 2 N–H and O–H groups in total. The summed E-state index contributed by atoms with van der Waals surface area (Å²) in [5.41, 5.74) is 0.000353. The van der Waals surface area contributed by atoms with Crippen molar-refractivity contribution in [2.45, 2.75) is 4.90 Å². The summed E-state index contributed by atoms with van der Waals surface area (Å²) in [4.78, 5) is 3.77. The fraction of sp³-hybridized carbons (Fsp3) is 0.143. The molecule has 0 radical (unpaired) electrons. The highest BCUT2D eigenvalue weighted by Gasteiger charge is 2.19. The normalized spacial score (nSPS) is 11.1. The maximum absolute atomic E-state index is 13.3. The number of benzene rings is 1. The molecule has 0 atom stereocenters. The van der Waals surface area contributed by atoms with Gasteiger partial charge in [0, 0.05) is 12.1 Å². The molecule has 0 bridgehead atoms. The van der Waals surface area contributed by atoms with Crippen molar-refractivity contribution < 1.29 is 17.9 Å². The summed E-state index contributed by atoms with van der Waals surface area (Å²) in [5, 5.41) is 17.6. The number of nitrogens with one attached hydrogen (secondary N) is 1. The highest BCUT2D eigenvalue weighted by Crippen LogP contribution is 2.26. The lowest BCUT2D eigenvalue weighted by Crippen LogP contribution is -2.27. The molecular weight excluding hydrogens is 309 g/mol. The van der Waals surface area contributed by atoms with E-state index in [1.165, 1.54) is 24.3 Å². The smallest absolute Gasteiger partial charge is 0.241 e. The van der Waals surface area contributed by atoms with Crippen molar-refractivity contribution in [2.75, 3.05) is 13.2 Å². The van der Waals surface area contributed by atoms with E-state index in [1.54, 1.807) is 12.1 Å². The van der Waals surface area contributed by atoms with Crippen molar-refractivity contribution in [2.24, 2.45) is 0 Å². The summed E-state index contributed by atoms with van der Waals surface area (Å²) in [5.74, 6) is -0.773. The first-order chi connectivity index (χ1) is 10.5. The van der Waals surface area contributed by atoms with Gasteiger partial charge in [-0.25, -0.2) is 22.5 Å². The van der Waals surface area contributed by atoms with Crippen molar-refractivity contribution >= 4 is 10.0 Å². The van der Waals surface area contributed by atoms with Crippen molar-refractivity contribution in [1.82, 2.24) is 9.71 Å². The largest absolute Gasteiger partial charge is 0.395 e. The lowest BCUT2D eigenvalue weighted by atomic mass is 10.1. The van der Waals surface area contributed by atoms with Crippen LogP contribution in [-0.4, -0.2) is 31.7 Å². The lowest BCUT2D eigenvalue weighted by Gasteiger charge is -2.11. The quantitative estimate of drug-likeness (QED) is 0.856. The maximum atomic E-state index is 13.3. The first kappa shape index (κ1) is 16.0. The van der Waals surface area contributed by atoms with Crippen molar-refractivity contribution in [3.63, 3.8) is 0 Å². The molecule has 0 spiro atoms. The minimum absolute atomic E-state index is 0.0635. The minimum Gasteiger partial charge on any atom is -0.395 e. The Morgan fingerprint density at radius 3 is 2.68 bits per heavy atom. The number of nitriles is 1. The average molecular weight is 321 g/mol. The Kier molecular flexibility index (Phi) is 4.82. The topological polar surface area (TPSA) is 103 Å². The fourth-order valence-electron chi connectivity index (χ4n) is 1.84. The second-order valence-corrected chi connectivity index (χ2v) is 5.99. The minimum atomic E-state index is -3.86. The van der Waals surface area contributed by atoms with E-state index >= 15 is 0 Å². The molecule has 1 aromatic carbocycles. The molecule has 0 saturated carbocycles. The number of aliphatic hydroxyl groups excluding tert-OH is 1. The van der Waals surface area contributed by atoms with Crippen LogP contribution >= 0.6 is 0 Å². The molecule has 0 unspecified atom stereocenters. The zero-order valence-electron chi connectivity index (χ0n) is 11.3. The van der Waals surface area contributed by atoms with Crippen LogP contribution in [0.5, 0.6) is 0 Å². The third-order valence-electron chi connectivity index (χ3n) is 2.81. The third kappa shape index (κ3) is 3.28. The molecule has 22 heavy (non-hydrogen) atoms. The Morgan fingerprint density at radius 1 is 1.27 bits per heavy atom. The first-order valence-electron chi connectivity index (χ1n) is 6.26. The van der Waals surface area contributed by atoms with Crippen LogP contribution in [0.25, 0.3) is 11.3 Å². The predicted octanol–water partition coefficient (Wildman–Crippen LogP) is 1.03. The number of rotatable bonds is 5. The van der Waals surface area contributed by atoms with Gasteiger partial charge in [-0.05, 0) is 18.2 Å². The zero-order chi connectivity index (χ0) is 16.2.